The lowest BCUT2D eigenvalue weighted by molar-refractivity contribution is -0.148. The Morgan fingerprint density at radius 1 is 1.12 bits per heavy atom. The first-order chi connectivity index (χ1) is 12.5. The van der Waals surface area contributed by atoms with E-state index in [4.69, 9.17) is 0 Å². The predicted octanol–water partition coefficient (Wildman–Crippen LogP) is 1.74. The van der Waals surface area contributed by atoms with Gasteiger partial charge in [0.05, 0.1) is 11.8 Å². The first-order valence-electron chi connectivity index (χ1n) is 9.05. The molecule has 1 heterocycles. The van der Waals surface area contributed by atoms with Gasteiger partial charge in [-0.1, -0.05) is 29.8 Å². The van der Waals surface area contributed by atoms with Crippen LogP contribution in [0.25, 0.3) is 0 Å². The Kier molecular flexibility index (Phi) is 4.05. The number of aryl methyl sites for hydroxylation is 1. The van der Waals surface area contributed by atoms with Gasteiger partial charge >= 0.3 is 5.97 Å². The summed E-state index contributed by atoms with van der Waals surface area (Å²) in [5.41, 5.74) is 1.94. The molecule has 6 nitrogen and oxygen atoms in total. The van der Waals surface area contributed by atoms with Gasteiger partial charge in [-0.25, -0.2) is 0 Å². The average Bonchev–Trinajstić information content (AvgIpc) is 3.31. The van der Waals surface area contributed by atoms with E-state index >= 15 is 0 Å². The van der Waals surface area contributed by atoms with Crippen molar-refractivity contribution >= 4 is 23.5 Å². The summed E-state index contributed by atoms with van der Waals surface area (Å²) in [5.74, 6) is -2.74. The van der Waals surface area contributed by atoms with Crippen LogP contribution in [0.5, 0.6) is 0 Å². The number of carbonyl (C=O) groups is 3. The van der Waals surface area contributed by atoms with Crippen molar-refractivity contribution in [2.24, 2.45) is 23.7 Å². The van der Waals surface area contributed by atoms with Gasteiger partial charge in [0.25, 0.3) is 0 Å². The quantitative estimate of drug-likeness (QED) is 0.807. The highest BCUT2D eigenvalue weighted by Crippen LogP contribution is 2.48. The van der Waals surface area contributed by atoms with E-state index in [1.54, 1.807) is 4.90 Å². The fourth-order valence-electron chi connectivity index (χ4n) is 4.58. The molecule has 2 fully saturated rings. The number of nitrogens with one attached hydrogen (secondary N) is 1. The molecule has 3 aliphatic rings. The van der Waals surface area contributed by atoms with E-state index in [0.29, 0.717) is 19.4 Å². The molecule has 1 saturated carbocycles. The van der Waals surface area contributed by atoms with Crippen molar-refractivity contribution in [2.75, 3.05) is 11.4 Å². The second-order valence-corrected chi connectivity index (χ2v) is 7.51. The number of amides is 2. The average molecular weight is 354 g/mol. The summed E-state index contributed by atoms with van der Waals surface area (Å²) in [4.78, 5) is 38.7. The standard InChI is InChI=1S/C20H22N2O4/c1-11-2-6-14(7-3-11)22-9-8-15(19(22)24)21-18(23)16-12-4-5-13(10-12)17(16)20(25)26/h2-7,12-13,15-17H,8-10H2,1H3,(H,21,23)(H,25,26)/t12-,13-,15-,16+,17+/m0/s1. The smallest absolute Gasteiger partial charge is 0.307 e. The Morgan fingerprint density at radius 3 is 2.42 bits per heavy atom. The molecular weight excluding hydrogens is 332 g/mol. The molecule has 2 bridgehead atoms. The highest BCUT2D eigenvalue weighted by molar-refractivity contribution is 6.02. The van der Waals surface area contributed by atoms with Gasteiger partial charge in [0.1, 0.15) is 6.04 Å². The zero-order chi connectivity index (χ0) is 18.4. The Labute approximate surface area is 151 Å². The maximum Gasteiger partial charge on any atom is 0.307 e. The number of hydrogen-bond acceptors (Lipinski definition) is 3. The third-order valence-electron chi connectivity index (χ3n) is 5.91. The molecule has 0 spiro atoms. The number of fused-ring (bicyclic) bond motifs is 2. The first kappa shape index (κ1) is 16.8. The molecule has 5 atom stereocenters. The van der Waals surface area contributed by atoms with Gasteiger partial charge in [-0.3, -0.25) is 14.4 Å². The zero-order valence-electron chi connectivity index (χ0n) is 14.6. The van der Waals surface area contributed by atoms with Crippen LogP contribution in [0.1, 0.15) is 18.4 Å². The van der Waals surface area contributed by atoms with Gasteiger partial charge in [-0.15, -0.1) is 0 Å². The maximum atomic E-state index is 12.8. The van der Waals surface area contributed by atoms with E-state index in [1.165, 1.54) is 0 Å². The summed E-state index contributed by atoms with van der Waals surface area (Å²) >= 11 is 0. The van der Waals surface area contributed by atoms with Gasteiger partial charge in [0.2, 0.25) is 11.8 Å². The summed E-state index contributed by atoms with van der Waals surface area (Å²) < 4.78 is 0. The number of hydrogen-bond donors (Lipinski definition) is 2. The van der Waals surface area contributed by atoms with Crippen LogP contribution < -0.4 is 10.2 Å². The van der Waals surface area contributed by atoms with Crippen molar-refractivity contribution in [3.63, 3.8) is 0 Å². The Bertz CT molecular complexity index is 786. The van der Waals surface area contributed by atoms with Gasteiger partial charge < -0.3 is 15.3 Å². The monoisotopic (exact) mass is 354 g/mol. The number of nitrogens with zero attached hydrogens (tertiary/aromatic N) is 1. The molecule has 1 aromatic carbocycles. The number of carboxylic acid groups (broad SMARTS) is 1. The number of rotatable bonds is 4. The van der Waals surface area contributed by atoms with Crippen molar-refractivity contribution < 1.29 is 19.5 Å². The molecule has 2 aliphatic carbocycles. The SMILES string of the molecule is Cc1ccc(N2CC[C@H](NC(=O)[C@H]3[C@H](C(=O)O)[C@H]4C=C[C@H]3C4)C2=O)cc1. The molecule has 2 N–H and O–H groups in total. The zero-order valence-corrected chi connectivity index (χ0v) is 14.6. The molecule has 1 saturated heterocycles. The van der Waals surface area contributed by atoms with Crippen molar-refractivity contribution in [3.05, 3.63) is 42.0 Å². The van der Waals surface area contributed by atoms with Gasteiger partial charge in [0.15, 0.2) is 0 Å². The van der Waals surface area contributed by atoms with Gasteiger partial charge in [0, 0.05) is 12.2 Å². The van der Waals surface area contributed by atoms with E-state index in [1.807, 2.05) is 43.3 Å². The summed E-state index contributed by atoms with van der Waals surface area (Å²) in [6.45, 7) is 2.53. The molecule has 2 amide bonds. The molecular formula is C20H22N2O4. The predicted molar refractivity (Wildman–Crippen MR) is 95.4 cm³/mol. The largest absolute Gasteiger partial charge is 0.481 e. The number of aliphatic carboxylic acids is 1. The van der Waals surface area contributed by atoms with Crippen LogP contribution in [0.4, 0.5) is 5.69 Å². The second kappa shape index (κ2) is 6.27. The summed E-state index contributed by atoms with van der Waals surface area (Å²) in [6.07, 6.45) is 5.10. The Morgan fingerprint density at radius 2 is 1.77 bits per heavy atom. The van der Waals surface area contributed by atoms with E-state index in [-0.39, 0.29) is 23.7 Å². The molecule has 0 radical (unpaired) electrons. The lowest BCUT2D eigenvalue weighted by Crippen LogP contribution is -2.47. The minimum absolute atomic E-state index is 0.0363. The molecule has 0 unspecified atom stereocenters. The lowest BCUT2D eigenvalue weighted by Gasteiger charge is -2.25. The molecule has 26 heavy (non-hydrogen) atoms. The topological polar surface area (TPSA) is 86.7 Å². The summed E-state index contributed by atoms with van der Waals surface area (Å²) in [5, 5.41) is 12.3. The molecule has 1 aromatic rings. The highest BCUT2D eigenvalue weighted by Gasteiger charge is 2.52. The summed E-state index contributed by atoms with van der Waals surface area (Å²) in [7, 11) is 0. The third-order valence-corrected chi connectivity index (χ3v) is 5.91. The minimum Gasteiger partial charge on any atom is -0.481 e. The normalized spacial score (nSPS) is 32.3. The number of carbonyl (C=O) groups excluding carboxylic acids is 2. The number of anilines is 1. The molecule has 4 rings (SSSR count). The number of carboxylic acids is 1. The van der Waals surface area contributed by atoms with Crippen molar-refractivity contribution in [1.29, 1.82) is 0 Å². The number of benzene rings is 1. The van der Waals surface area contributed by atoms with Crippen LogP contribution in [0.3, 0.4) is 0 Å². The van der Waals surface area contributed by atoms with E-state index in [0.717, 1.165) is 11.3 Å². The van der Waals surface area contributed by atoms with Crippen LogP contribution in [0.15, 0.2) is 36.4 Å². The van der Waals surface area contributed by atoms with Crippen LogP contribution in [0.2, 0.25) is 0 Å². The second-order valence-electron chi connectivity index (χ2n) is 7.51. The maximum absolute atomic E-state index is 12.8. The van der Waals surface area contributed by atoms with Gasteiger partial charge in [-0.05, 0) is 43.7 Å². The van der Waals surface area contributed by atoms with Crippen molar-refractivity contribution in [1.82, 2.24) is 5.32 Å². The molecule has 0 aromatic heterocycles. The van der Waals surface area contributed by atoms with Gasteiger partial charge in [-0.2, -0.15) is 0 Å². The first-order valence-corrected chi connectivity index (χ1v) is 9.05. The van der Waals surface area contributed by atoms with Crippen molar-refractivity contribution in [3.8, 4) is 0 Å². The minimum atomic E-state index is -0.930. The molecule has 1 aliphatic heterocycles. The van der Waals surface area contributed by atoms with Crippen LogP contribution >= 0.6 is 0 Å². The lowest BCUT2D eigenvalue weighted by atomic mass is 9.82. The number of allylic oxidation sites excluding steroid dienone is 2. The van der Waals surface area contributed by atoms with E-state index in [9.17, 15) is 19.5 Å². The summed E-state index contributed by atoms with van der Waals surface area (Å²) in [6, 6.07) is 7.12. The van der Waals surface area contributed by atoms with Crippen molar-refractivity contribution in [2.45, 2.75) is 25.8 Å². The Hall–Kier alpha value is -2.63. The third kappa shape index (κ3) is 2.69. The fraction of sp³-hybridized carbons (Fsp3) is 0.450. The van der Waals surface area contributed by atoms with Crippen LogP contribution in [-0.2, 0) is 14.4 Å². The highest BCUT2D eigenvalue weighted by atomic mass is 16.4. The fourth-order valence-corrected chi connectivity index (χ4v) is 4.58. The van der Waals surface area contributed by atoms with Crippen LogP contribution in [-0.4, -0.2) is 35.5 Å². The molecule has 136 valence electrons. The van der Waals surface area contributed by atoms with E-state index in [2.05, 4.69) is 5.32 Å². The van der Waals surface area contributed by atoms with E-state index < -0.39 is 23.8 Å². The van der Waals surface area contributed by atoms with Crippen LogP contribution in [0, 0.1) is 30.6 Å². The molecule has 6 heteroatoms. The Balaban J connectivity index is 1.45.